The van der Waals surface area contributed by atoms with Crippen LogP contribution in [0.2, 0.25) is 0 Å². The smallest absolute Gasteiger partial charge is 0.181 e. The standard InChI is InChI=1S/C15H20N2O3/c1-4-8-16-9-11-15(20-10-17-11)14-12(18-2)6-5-7-13(14)19-3/h5-7,10,16H,4,8-9H2,1-3H3. The first-order valence-electron chi connectivity index (χ1n) is 6.66. The minimum Gasteiger partial charge on any atom is -0.496 e. The second-order valence-electron chi connectivity index (χ2n) is 4.34. The van der Waals surface area contributed by atoms with Gasteiger partial charge in [0, 0.05) is 6.54 Å². The molecule has 5 heteroatoms. The minimum absolute atomic E-state index is 0.654. The highest BCUT2D eigenvalue weighted by atomic mass is 16.5. The van der Waals surface area contributed by atoms with Crippen molar-refractivity contribution in [2.45, 2.75) is 19.9 Å². The van der Waals surface area contributed by atoms with Gasteiger partial charge in [0.05, 0.1) is 14.2 Å². The van der Waals surface area contributed by atoms with Crippen molar-refractivity contribution in [1.29, 1.82) is 0 Å². The van der Waals surface area contributed by atoms with E-state index < -0.39 is 0 Å². The van der Waals surface area contributed by atoms with E-state index in [4.69, 9.17) is 13.9 Å². The number of methoxy groups -OCH3 is 2. The summed E-state index contributed by atoms with van der Waals surface area (Å²) in [6.45, 7) is 3.72. The molecule has 0 unspecified atom stereocenters. The Morgan fingerprint density at radius 2 is 1.90 bits per heavy atom. The van der Waals surface area contributed by atoms with Crippen LogP contribution in [0.5, 0.6) is 11.5 Å². The van der Waals surface area contributed by atoms with Crippen LogP contribution in [-0.2, 0) is 6.54 Å². The highest BCUT2D eigenvalue weighted by Gasteiger charge is 2.19. The number of benzene rings is 1. The lowest BCUT2D eigenvalue weighted by Gasteiger charge is -2.12. The summed E-state index contributed by atoms with van der Waals surface area (Å²) in [4.78, 5) is 4.27. The Bertz CT molecular complexity index is 530. The lowest BCUT2D eigenvalue weighted by Crippen LogP contribution is -2.14. The number of nitrogens with one attached hydrogen (secondary N) is 1. The third-order valence-electron chi connectivity index (χ3n) is 3.02. The van der Waals surface area contributed by atoms with Crippen LogP contribution in [0.1, 0.15) is 19.0 Å². The predicted octanol–water partition coefficient (Wildman–Crippen LogP) is 2.86. The normalized spacial score (nSPS) is 10.6. The predicted molar refractivity (Wildman–Crippen MR) is 77.0 cm³/mol. The van der Waals surface area contributed by atoms with Crippen molar-refractivity contribution in [2.24, 2.45) is 0 Å². The van der Waals surface area contributed by atoms with Crippen molar-refractivity contribution in [2.75, 3.05) is 20.8 Å². The monoisotopic (exact) mass is 276 g/mol. The number of hydrogen-bond donors (Lipinski definition) is 1. The van der Waals surface area contributed by atoms with Crippen molar-refractivity contribution in [3.8, 4) is 22.8 Å². The molecule has 0 aliphatic carbocycles. The molecule has 0 aliphatic heterocycles. The van der Waals surface area contributed by atoms with Gasteiger partial charge >= 0.3 is 0 Å². The van der Waals surface area contributed by atoms with Gasteiger partial charge in [-0.3, -0.25) is 0 Å². The average molecular weight is 276 g/mol. The summed E-state index contributed by atoms with van der Waals surface area (Å²) in [5, 5.41) is 3.32. The Morgan fingerprint density at radius 1 is 1.20 bits per heavy atom. The number of aromatic nitrogens is 1. The second-order valence-corrected chi connectivity index (χ2v) is 4.34. The molecule has 1 N–H and O–H groups in total. The van der Waals surface area contributed by atoms with E-state index in [9.17, 15) is 0 Å². The Kier molecular flexibility index (Phi) is 5.01. The molecule has 0 saturated heterocycles. The first kappa shape index (κ1) is 14.4. The van der Waals surface area contributed by atoms with Gasteiger partial charge in [0.25, 0.3) is 0 Å². The highest BCUT2D eigenvalue weighted by Crippen LogP contribution is 2.39. The number of rotatable bonds is 7. The van der Waals surface area contributed by atoms with Gasteiger partial charge in [-0.05, 0) is 25.1 Å². The summed E-state index contributed by atoms with van der Waals surface area (Å²) in [6.07, 6.45) is 2.52. The van der Waals surface area contributed by atoms with Crippen molar-refractivity contribution in [3.63, 3.8) is 0 Å². The van der Waals surface area contributed by atoms with Gasteiger partial charge in [0.15, 0.2) is 12.2 Å². The van der Waals surface area contributed by atoms with E-state index in [1.165, 1.54) is 6.39 Å². The average Bonchev–Trinajstić information content (AvgIpc) is 2.94. The maximum Gasteiger partial charge on any atom is 0.181 e. The second kappa shape index (κ2) is 6.96. The van der Waals surface area contributed by atoms with Crippen LogP contribution in [0, 0.1) is 0 Å². The molecule has 20 heavy (non-hydrogen) atoms. The largest absolute Gasteiger partial charge is 0.496 e. The minimum atomic E-state index is 0.654. The molecule has 0 amide bonds. The molecule has 2 rings (SSSR count). The van der Waals surface area contributed by atoms with Crippen LogP contribution >= 0.6 is 0 Å². The van der Waals surface area contributed by atoms with Crippen LogP contribution in [0.4, 0.5) is 0 Å². The third kappa shape index (κ3) is 2.93. The number of oxazole rings is 1. The molecule has 0 atom stereocenters. The van der Waals surface area contributed by atoms with Gasteiger partial charge in [0.1, 0.15) is 22.8 Å². The molecule has 0 fully saturated rings. The maximum atomic E-state index is 5.56. The molecule has 0 spiro atoms. The SMILES string of the molecule is CCCNCc1ncoc1-c1c(OC)cccc1OC. The van der Waals surface area contributed by atoms with Gasteiger partial charge < -0.3 is 19.2 Å². The highest BCUT2D eigenvalue weighted by molar-refractivity contribution is 5.74. The zero-order chi connectivity index (χ0) is 14.4. The molecule has 5 nitrogen and oxygen atoms in total. The fourth-order valence-electron chi connectivity index (χ4n) is 2.06. The van der Waals surface area contributed by atoms with Crippen molar-refractivity contribution < 1.29 is 13.9 Å². The maximum absolute atomic E-state index is 5.56. The number of ether oxygens (including phenoxy) is 2. The van der Waals surface area contributed by atoms with Gasteiger partial charge in [-0.25, -0.2) is 4.98 Å². The van der Waals surface area contributed by atoms with Crippen LogP contribution < -0.4 is 14.8 Å². The van der Waals surface area contributed by atoms with Gasteiger partial charge in [-0.15, -0.1) is 0 Å². The summed E-state index contributed by atoms with van der Waals surface area (Å²) in [6, 6.07) is 5.64. The van der Waals surface area contributed by atoms with E-state index in [0.717, 1.165) is 24.2 Å². The van der Waals surface area contributed by atoms with Crippen molar-refractivity contribution in [1.82, 2.24) is 10.3 Å². The quantitative estimate of drug-likeness (QED) is 0.788. The molecule has 0 radical (unpaired) electrons. The van der Waals surface area contributed by atoms with Crippen LogP contribution in [0.25, 0.3) is 11.3 Å². The number of hydrogen-bond acceptors (Lipinski definition) is 5. The molecule has 1 heterocycles. The zero-order valence-corrected chi connectivity index (χ0v) is 12.1. The molecular formula is C15H20N2O3. The Morgan fingerprint density at radius 3 is 2.50 bits per heavy atom. The lowest BCUT2D eigenvalue weighted by atomic mass is 10.1. The van der Waals surface area contributed by atoms with Crippen LogP contribution in [-0.4, -0.2) is 25.7 Å². The summed E-state index contributed by atoms with van der Waals surface area (Å²) in [5.41, 5.74) is 1.64. The summed E-state index contributed by atoms with van der Waals surface area (Å²) < 4.78 is 16.4. The molecule has 1 aromatic heterocycles. The Balaban J connectivity index is 2.38. The number of nitrogens with zero attached hydrogens (tertiary/aromatic N) is 1. The van der Waals surface area contributed by atoms with E-state index in [1.807, 2.05) is 18.2 Å². The zero-order valence-electron chi connectivity index (χ0n) is 12.1. The van der Waals surface area contributed by atoms with E-state index in [2.05, 4.69) is 17.2 Å². The topological polar surface area (TPSA) is 56.5 Å². The molecule has 0 saturated carbocycles. The molecule has 0 aliphatic rings. The fraction of sp³-hybridized carbons (Fsp3) is 0.400. The van der Waals surface area contributed by atoms with Gasteiger partial charge in [-0.1, -0.05) is 13.0 Å². The van der Waals surface area contributed by atoms with E-state index in [0.29, 0.717) is 23.8 Å². The van der Waals surface area contributed by atoms with Crippen molar-refractivity contribution >= 4 is 0 Å². The van der Waals surface area contributed by atoms with Crippen LogP contribution in [0.3, 0.4) is 0 Å². The van der Waals surface area contributed by atoms with E-state index >= 15 is 0 Å². The Labute approximate surface area is 118 Å². The molecule has 2 aromatic rings. The van der Waals surface area contributed by atoms with Crippen LogP contribution in [0.15, 0.2) is 29.0 Å². The summed E-state index contributed by atoms with van der Waals surface area (Å²) >= 11 is 0. The lowest BCUT2D eigenvalue weighted by molar-refractivity contribution is 0.394. The molecule has 0 bridgehead atoms. The Hall–Kier alpha value is -2.01. The summed E-state index contributed by atoms with van der Waals surface area (Å²) in [7, 11) is 3.26. The molecular weight excluding hydrogens is 256 g/mol. The van der Waals surface area contributed by atoms with Gasteiger partial charge in [0.2, 0.25) is 0 Å². The van der Waals surface area contributed by atoms with Crippen molar-refractivity contribution in [3.05, 3.63) is 30.3 Å². The third-order valence-corrected chi connectivity index (χ3v) is 3.02. The summed E-state index contributed by atoms with van der Waals surface area (Å²) in [5.74, 6) is 2.10. The molecule has 1 aromatic carbocycles. The molecule has 108 valence electrons. The van der Waals surface area contributed by atoms with E-state index in [-0.39, 0.29) is 0 Å². The van der Waals surface area contributed by atoms with Gasteiger partial charge in [-0.2, -0.15) is 0 Å². The van der Waals surface area contributed by atoms with E-state index in [1.54, 1.807) is 14.2 Å². The fourth-order valence-corrected chi connectivity index (χ4v) is 2.06. The first-order valence-corrected chi connectivity index (χ1v) is 6.66. The first-order chi connectivity index (χ1) is 9.81.